The van der Waals surface area contributed by atoms with Gasteiger partial charge in [-0.1, -0.05) is 38.1 Å². The molecule has 0 saturated carbocycles. The summed E-state index contributed by atoms with van der Waals surface area (Å²) in [4.78, 5) is 14.0. The highest BCUT2D eigenvalue weighted by Crippen LogP contribution is 2.47. The maximum absolute atomic E-state index is 12.2. The fourth-order valence-corrected chi connectivity index (χ4v) is 4.41. The number of phenolic OH excluding ortho intramolecular Hbond substituents is 2. The third-order valence-corrected chi connectivity index (χ3v) is 6.61. The minimum atomic E-state index is -0.411. The molecule has 0 bridgehead atoms. The highest BCUT2D eigenvalue weighted by Gasteiger charge is 2.30. The quantitative estimate of drug-likeness (QED) is 0.425. The van der Waals surface area contributed by atoms with E-state index < -0.39 is 6.10 Å². The first-order valence-electron chi connectivity index (χ1n) is 12.2. The average molecular weight is 488 g/mol. The van der Waals surface area contributed by atoms with Crippen LogP contribution in [0, 0.1) is 5.92 Å². The van der Waals surface area contributed by atoms with Crippen LogP contribution in [0.4, 0.5) is 0 Å². The zero-order chi connectivity index (χ0) is 26.0. The third-order valence-electron chi connectivity index (χ3n) is 6.61. The molecule has 2 N–H and O–H groups in total. The molecule has 4 rings (SSSR count). The lowest BCUT2D eigenvalue weighted by Gasteiger charge is -2.31. The first kappa shape index (κ1) is 25.2. The Balaban J connectivity index is 1.60. The molecule has 0 spiro atoms. The Morgan fingerprint density at radius 2 is 1.69 bits per heavy atom. The normalized spacial score (nSPS) is 15.8. The molecule has 3 aromatic rings. The van der Waals surface area contributed by atoms with Crippen LogP contribution in [0.3, 0.4) is 0 Å². The molecule has 2 atom stereocenters. The van der Waals surface area contributed by atoms with Crippen LogP contribution in [0.2, 0.25) is 0 Å². The van der Waals surface area contributed by atoms with Gasteiger partial charge in [0.2, 0.25) is 5.91 Å². The van der Waals surface area contributed by atoms with E-state index in [4.69, 9.17) is 9.47 Å². The molecule has 36 heavy (non-hydrogen) atoms. The topological polar surface area (TPSA) is 79.2 Å². The highest BCUT2D eigenvalue weighted by atomic mass is 16.5. The SMILES string of the molecule is CC1=C(c2cccc(O)c2)C(c2ccc(OC[C@H](C)N(C)C(=O)C(C)C)cc2)Oc2ccc(O)cc21. The number of hydrogen-bond donors (Lipinski definition) is 2. The summed E-state index contributed by atoms with van der Waals surface area (Å²) in [6, 6.07) is 19.9. The number of carbonyl (C=O) groups is 1. The van der Waals surface area contributed by atoms with Crippen molar-refractivity contribution >= 4 is 17.1 Å². The van der Waals surface area contributed by atoms with Gasteiger partial charge in [-0.25, -0.2) is 0 Å². The maximum atomic E-state index is 12.2. The number of phenols is 2. The molecular formula is C30H33NO5. The monoisotopic (exact) mass is 487 g/mol. The number of hydrogen-bond acceptors (Lipinski definition) is 5. The van der Waals surface area contributed by atoms with Gasteiger partial charge in [0.15, 0.2) is 0 Å². The molecule has 1 aliphatic rings. The molecule has 6 heteroatoms. The smallest absolute Gasteiger partial charge is 0.225 e. The second kappa shape index (κ2) is 10.4. The van der Waals surface area contributed by atoms with Crippen molar-refractivity contribution in [2.24, 2.45) is 5.92 Å². The Morgan fingerprint density at radius 1 is 1.00 bits per heavy atom. The second-order valence-corrected chi connectivity index (χ2v) is 9.60. The average Bonchev–Trinajstić information content (AvgIpc) is 2.86. The van der Waals surface area contributed by atoms with Gasteiger partial charge < -0.3 is 24.6 Å². The van der Waals surface area contributed by atoms with E-state index in [1.807, 2.05) is 58.0 Å². The van der Waals surface area contributed by atoms with Crippen molar-refractivity contribution in [2.75, 3.05) is 13.7 Å². The molecule has 0 aromatic heterocycles. The van der Waals surface area contributed by atoms with Crippen molar-refractivity contribution in [3.05, 3.63) is 83.4 Å². The van der Waals surface area contributed by atoms with Crippen molar-refractivity contribution < 1.29 is 24.5 Å². The third kappa shape index (κ3) is 5.18. The summed E-state index contributed by atoms with van der Waals surface area (Å²) in [5.74, 6) is 1.77. The van der Waals surface area contributed by atoms with E-state index in [9.17, 15) is 15.0 Å². The van der Waals surface area contributed by atoms with Crippen LogP contribution in [-0.4, -0.2) is 40.7 Å². The number of benzene rings is 3. The van der Waals surface area contributed by atoms with Gasteiger partial charge >= 0.3 is 0 Å². The number of allylic oxidation sites excluding steroid dienone is 1. The summed E-state index contributed by atoms with van der Waals surface area (Å²) >= 11 is 0. The molecule has 0 aliphatic carbocycles. The number of nitrogens with zero attached hydrogens (tertiary/aromatic N) is 1. The van der Waals surface area contributed by atoms with E-state index in [1.165, 1.54) is 0 Å². The lowest BCUT2D eigenvalue weighted by Crippen LogP contribution is -2.40. The van der Waals surface area contributed by atoms with Crippen molar-refractivity contribution in [1.29, 1.82) is 0 Å². The van der Waals surface area contributed by atoms with E-state index in [0.717, 1.165) is 27.8 Å². The highest BCUT2D eigenvalue weighted by molar-refractivity contribution is 5.95. The Hall–Kier alpha value is -3.93. The van der Waals surface area contributed by atoms with Crippen LogP contribution >= 0.6 is 0 Å². The van der Waals surface area contributed by atoms with Crippen LogP contribution in [0.25, 0.3) is 11.1 Å². The van der Waals surface area contributed by atoms with E-state index in [-0.39, 0.29) is 29.4 Å². The predicted molar refractivity (Wildman–Crippen MR) is 141 cm³/mol. The van der Waals surface area contributed by atoms with Crippen LogP contribution < -0.4 is 9.47 Å². The lowest BCUT2D eigenvalue weighted by molar-refractivity contribution is -0.135. The van der Waals surface area contributed by atoms with E-state index in [0.29, 0.717) is 18.1 Å². The van der Waals surface area contributed by atoms with Gasteiger partial charge in [-0.2, -0.15) is 0 Å². The molecule has 1 heterocycles. The van der Waals surface area contributed by atoms with E-state index in [2.05, 4.69) is 0 Å². The Labute approximate surface area is 212 Å². The first-order chi connectivity index (χ1) is 17.2. The zero-order valence-electron chi connectivity index (χ0n) is 21.4. The number of aromatic hydroxyl groups is 2. The molecule has 188 valence electrons. The molecule has 1 unspecified atom stereocenters. The van der Waals surface area contributed by atoms with Crippen molar-refractivity contribution in [2.45, 2.75) is 39.8 Å². The zero-order valence-corrected chi connectivity index (χ0v) is 21.4. The summed E-state index contributed by atoms with van der Waals surface area (Å²) < 4.78 is 12.4. The largest absolute Gasteiger partial charge is 0.508 e. The van der Waals surface area contributed by atoms with Gasteiger partial charge in [-0.05, 0) is 73.0 Å². The Morgan fingerprint density at radius 3 is 2.36 bits per heavy atom. The van der Waals surface area contributed by atoms with Gasteiger partial charge in [-0.15, -0.1) is 0 Å². The summed E-state index contributed by atoms with van der Waals surface area (Å²) in [5, 5.41) is 20.2. The number of likely N-dealkylation sites (N-methyl/N-ethyl adjacent to an activating group) is 1. The maximum Gasteiger partial charge on any atom is 0.225 e. The second-order valence-electron chi connectivity index (χ2n) is 9.60. The van der Waals surface area contributed by atoms with Crippen molar-refractivity contribution in [1.82, 2.24) is 4.90 Å². The lowest BCUT2D eigenvalue weighted by atomic mass is 9.86. The molecule has 1 amide bonds. The summed E-state index contributed by atoms with van der Waals surface area (Å²) in [7, 11) is 1.80. The molecule has 0 fully saturated rings. The minimum Gasteiger partial charge on any atom is -0.508 e. The van der Waals surface area contributed by atoms with Gasteiger partial charge in [0.05, 0.1) is 6.04 Å². The summed E-state index contributed by atoms with van der Waals surface area (Å²) in [6.45, 7) is 8.14. The number of rotatable bonds is 7. The first-order valence-corrected chi connectivity index (χ1v) is 12.2. The molecule has 6 nitrogen and oxygen atoms in total. The Bertz CT molecular complexity index is 1280. The van der Waals surface area contributed by atoms with E-state index in [1.54, 1.807) is 48.3 Å². The number of ether oxygens (including phenoxy) is 2. The molecule has 1 aliphatic heterocycles. The van der Waals surface area contributed by atoms with Gasteiger partial charge in [-0.3, -0.25) is 4.79 Å². The standard InChI is InChI=1S/C30H33NO5/c1-18(2)30(34)31(5)19(3)17-35-25-12-9-21(10-13-25)29-28(22-7-6-8-23(32)15-22)20(4)26-16-24(33)11-14-27(26)36-29/h6-16,18-19,29,32-33H,17H2,1-5H3/t19-,29?/m0/s1. The fraction of sp³-hybridized carbons (Fsp3) is 0.300. The van der Waals surface area contributed by atoms with Crippen molar-refractivity contribution in [3.63, 3.8) is 0 Å². The number of amides is 1. The summed E-state index contributed by atoms with van der Waals surface area (Å²) in [5.41, 5.74) is 4.48. The predicted octanol–water partition coefficient (Wildman–Crippen LogP) is 6.04. The molecule has 0 radical (unpaired) electrons. The van der Waals surface area contributed by atoms with Crippen LogP contribution in [0.5, 0.6) is 23.0 Å². The molecule has 3 aromatic carbocycles. The van der Waals surface area contributed by atoms with Gasteiger partial charge in [0.25, 0.3) is 0 Å². The van der Waals surface area contributed by atoms with E-state index >= 15 is 0 Å². The fourth-order valence-electron chi connectivity index (χ4n) is 4.41. The number of carbonyl (C=O) groups excluding carboxylic acids is 1. The van der Waals surface area contributed by atoms with Crippen LogP contribution in [0.1, 0.15) is 50.5 Å². The van der Waals surface area contributed by atoms with Gasteiger partial charge in [0.1, 0.15) is 35.7 Å². The molecular weight excluding hydrogens is 454 g/mol. The van der Waals surface area contributed by atoms with Gasteiger partial charge in [0, 0.05) is 24.1 Å². The van der Waals surface area contributed by atoms with Crippen LogP contribution in [0.15, 0.2) is 66.7 Å². The number of fused-ring (bicyclic) bond motifs is 1. The molecule has 0 saturated heterocycles. The minimum absolute atomic E-state index is 0.0569. The van der Waals surface area contributed by atoms with Crippen LogP contribution in [-0.2, 0) is 4.79 Å². The summed E-state index contributed by atoms with van der Waals surface area (Å²) in [6.07, 6.45) is -0.411. The van der Waals surface area contributed by atoms with Crippen molar-refractivity contribution in [3.8, 4) is 23.0 Å². The Kier molecular flexibility index (Phi) is 7.25.